The second-order valence-corrected chi connectivity index (χ2v) is 7.83. The number of nitrogens with zero attached hydrogens (tertiary/aromatic N) is 1. The molecule has 0 saturated carbocycles. The summed E-state index contributed by atoms with van der Waals surface area (Å²) in [6.07, 6.45) is 0. The number of phenols is 2. The molecule has 0 saturated heterocycles. The van der Waals surface area contributed by atoms with E-state index in [1.165, 1.54) is 18.2 Å². The smallest absolute Gasteiger partial charge is 0.401 e. The van der Waals surface area contributed by atoms with Gasteiger partial charge in [0.05, 0.1) is 14.7 Å². The number of halogens is 2. The maximum atomic E-state index is 14.2. The predicted octanol–water partition coefficient (Wildman–Crippen LogP) is 3.12. The van der Waals surface area contributed by atoms with Crippen LogP contribution in [0.15, 0.2) is 52.3 Å². The van der Waals surface area contributed by atoms with E-state index in [9.17, 15) is 37.5 Å². The van der Waals surface area contributed by atoms with E-state index in [0.29, 0.717) is 6.07 Å². The first-order valence-electron chi connectivity index (χ1n) is 6.14. The second-order valence-electron chi connectivity index (χ2n) is 4.42. The topological polar surface area (TPSA) is 118 Å². The van der Waals surface area contributed by atoms with Gasteiger partial charge in [0.25, 0.3) is 9.84 Å². The van der Waals surface area contributed by atoms with Crippen LogP contribution in [0.2, 0.25) is 0 Å². The van der Waals surface area contributed by atoms with Gasteiger partial charge in [-0.2, -0.15) is 8.78 Å². The van der Waals surface area contributed by atoms with Crippen molar-refractivity contribution < 1.29 is 32.3 Å². The van der Waals surface area contributed by atoms with Crippen molar-refractivity contribution in [1.29, 1.82) is 0 Å². The van der Waals surface area contributed by atoms with Crippen LogP contribution in [0.5, 0.6) is 11.5 Å². The number of hydrogen-bond donors (Lipinski definition) is 2. The molecule has 2 aromatic carbocycles. The van der Waals surface area contributed by atoms with Gasteiger partial charge in [0, 0.05) is 0 Å². The number of rotatable bonds is 5. The van der Waals surface area contributed by atoms with Crippen LogP contribution in [0.1, 0.15) is 0 Å². The van der Waals surface area contributed by atoms with Crippen LogP contribution in [0.25, 0.3) is 0 Å². The normalized spacial score (nSPS) is 12.1. The lowest BCUT2D eigenvalue weighted by molar-refractivity contribution is -0.387. The molecule has 0 heterocycles. The highest BCUT2D eigenvalue weighted by Gasteiger charge is 2.48. The molecule has 0 aromatic heterocycles. The molecule has 0 bridgehead atoms. The van der Waals surface area contributed by atoms with Crippen molar-refractivity contribution in [3.63, 3.8) is 0 Å². The summed E-state index contributed by atoms with van der Waals surface area (Å²) in [6, 6.07) is 7.39. The molecule has 0 aliphatic heterocycles. The van der Waals surface area contributed by atoms with Gasteiger partial charge < -0.3 is 10.2 Å². The molecule has 0 spiro atoms. The van der Waals surface area contributed by atoms with Crippen molar-refractivity contribution in [2.75, 3.05) is 0 Å². The standard InChI is InChI=1S/C13H9F2NO6S2/c14-13(15,24(21,22)8-4-2-1-3-5-8)23-10-7-6-9(17)11(12(10)18)16(19)20/h1-7,17-18H. The number of hydrogen-bond acceptors (Lipinski definition) is 7. The van der Waals surface area contributed by atoms with Gasteiger partial charge in [-0.05, 0) is 36.0 Å². The lowest BCUT2D eigenvalue weighted by Gasteiger charge is -2.17. The highest BCUT2D eigenvalue weighted by Crippen LogP contribution is 2.49. The Hall–Kier alpha value is -2.40. The molecular weight excluding hydrogens is 368 g/mol. The fourth-order valence-corrected chi connectivity index (χ4v) is 4.10. The largest absolute Gasteiger partial charge is 0.502 e. The van der Waals surface area contributed by atoms with Gasteiger partial charge in [0.2, 0.25) is 5.75 Å². The number of phenolic OH excluding ortho intramolecular Hbond substituents is 2. The van der Waals surface area contributed by atoms with Crippen LogP contribution >= 0.6 is 11.8 Å². The van der Waals surface area contributed by atoms with Gasteiger partial charge in [0.15, 0.2) is 5.75 Å². The Morgan fingerprint density at radius 3 is 2.21 bits per heavy atom. The van der Waals surface area contributed by atoms with Crippen LogP contribution in [0, 0.1) is 10.1 Å². The van der Waals surface area contributed by atoms with Gasteiger partial charge in [-0.15, -0.1) is 0 Å². The second kappa shape index (κ2) is 6.24. The van der Waals surface area contributed by atoms with Gasteiger partial charge in [-0.1, -0.05) is 18.2 Å². The minimum atomic E-state index is -5.11. The summed E-state index contributed by atoms with van der Waals surface area (Å²) in [5.74, 6) is -2.18. The molecule has 0 aliphatic carbocycles. The number of nitro benzene ring substituents is 1. The summed E-state index contributed by atoms with van der Waals surface area (Å²) in [7, 11) is -5.11. The highest BCUT2D eigenvalue weighted by atomic mass is 32.3. The molecule has 0 aliphatic rings. The molecule has 0 amide bonds. The molecule has 0 atom stereocenters. The van der Waals surface area contributed by atoms with E-state index in [1.807, 2.05) is 0 Å². The number of benzene rings is 2. The summed E-state index contributed by atoms with van der Waals surface area (Å²) < 4.78 is 48.1. The van der Waals surface area contributed by atoms with Crippen molar-refractivity contribution in [3.8, 4) is 11.5 Å². The highest BCUT2D eigenvalue weighted by molar-refractivity contribution is 8.14. The maximum absolute atomic E-state index is 14.2. The molecular formula is C13H9F2NO6S2. The molecule has 7 nitrogen and oxygen atoms in total. The minimum absolute atomic E-state index is 0.572. The van der Waals surface area contributed by atoms with E-state index in [0.717, 1.165) is 18.2 Å². The van der Waals surface area contributed by atoms with Crippen molar-refractivity contribution in [1.82, 2.24) is 0 Å². The van der Waals surface area contributed by atoms with Crippen LogP contribution < -0.4 is 0 Å². The van der Waals surface area contributed by atoms with E-state index >= 15 is 0 Å². The molecule has 2 N–H and O–H groups in total. The average molecular weight is 377 g/mol. The average Bonchev–Trinajstić information content (AvgIpc) is 2.50. The Balaban J connectivity index is 2.47. The molecule has 128 valence electrons. The zero-order valence-electron chi connectivity index (χ0n) is 11.6. The molecule has 11 heteroatoms. The maximum Gasteiger partial charge on any atom is 0.401 e. The summed E-state index contributed by atoms with van der Waals surface area (Å²) in [5, 5.41) is 29.7. The third-order valence-electron chi connectivity index (χ3n) is 2.87. The van der Waals surface area contributed by atoms with E-state index < -0.39 is 58.1 Å². The Bertz CT molecular complexity index is 887. The van der Waals surface area contributed by atoms with Crippen molar-refractivity contribution in [2.45, 2.75) is 14.4 Å². The Morgan fingerprint density at radius 2 is 1.67 bits per heavy atom. The number of aromatic hydroxyl groups is 2. The minimum Gasteiger partial charge on any atom is -0.502 e. The quantitative estimate of drug-likeness (QED) is 0.467. The van der Waals surface area contributed by atoms with E-state index in [1.54, 1.807) is 0 Å². The third-order valence-corrected chi connectivity index (χ3v) is 6.08. The summed E-state index contributed by atoms with van der Waals surface area (Å²) >= 11 is -0.572. The van der Waals surface area contributed by atoms with Gasteiger partial charge in [-0.3, -0.25) is 10.1 Å². The predicted molar refractivity (Wildman–Crippen MR) is 80.9 cm³/mol. The van der Waals surface area contributed by atoms with Crippen LogP contribution in [-0.2, 0) is 9.84 Å². The molecule has 0 fully saturated rings. The van der Waals surface area contributed by atoms with Gasteiger partial charge in [0.1, 0.15) is 0 Å². The number of nitro groups is 1. The fraction of sp³-hybridized carbons (Fsp3) is 0.0769. The Kier molecular flexibility index (Phi) is 4.67. The zero-order valence-corrected chi connectivity index (χ0v) is 13.2. The molecule has 2 rings (SSSR count). The fourth-order valence-electron chi connectivity index (χ4n) is 1.73. The van der Waals surface area contributed by atoms with Gasteiger partial charge in [-0.25, -0.2) is 8.42 Å². The summed E-state index contributed by atoms with van der Waals surface area (Å²) in [5.41, 5.74) is -1.19. The van der Waals surface area contributed by atoms with Gasteiger partial charge >= 0.3 is 10.3 Å². The Morgan fingerprint density at radius 1 is 1.08 bits per heavy atom. The summed E-state index contributed by atoms with van der Waals surface area (Å²) in [4.78, 5) is 8.18. The van der Waals surface area contributed by atoms with E-state index in [2.05, 4.69) is 0 Å². The molecule has 2 aromatic rings. The van der Waals surface area contributed by atoms with E-state index in [-0.39, 0.29) is 0 Å². The lowest BCUT2D eigenvalue weighted by atomic mass is 10.3. The molecule has 0 radical (unpaired) electrons. The number of alkyl halides is 2. The SMILES string of the molecule is O=[N+]([O-])c1c(O)ccc(SC(F)(F)S(=O)(=O)c2ccccc2)c1O. The van der Waals surface area contributed by atoms with Crippen LogP contribution in [-0.4, -0.2) is 28.1 Å². The molecule has 0 unspecified atom stereocenters. The first-order chi connectivity index (χ1) is 11.1. The number of sulfone groups is 1. The first-order valence-corrected chi connectivity index (χ1v) is 8.43. The molecule has 24 heavy (non-hydrogen) atoms. The van der Waals surface area contributed by atoms with E-state index in [4.69, 9.17) is 0 Å². The van der Waals surface area contributed by atoms with Crippen molar-refractivity contribution >= 4 is 27.3 Å². The van der Waals surface area contributed by atoms with Crippen LogP contribution in [0.4, 0.5) is 14.5 Å². The van der Waals surface area contributed by atoms with Crippen LogP contribution in [0.3, 0.4) is 0 Å². The number of thioether (sulfide) groups is 1. The third kappa shape index (κ3) is 3.12. The first kappa shape index (κ1) is 17.9. The summed E-state index contributed by atoms with van der Waals surface area (Å²) in [6.45, 7) is 0. The lowest BCUT2D eigenvalue weighted by Crippen LogP contribution is -2.25. The van der Waals surface area contributed by atoms with Crippen molar-refractivity contribution in [3.05, 3.63) is 52.6 Å². The zero-order chi connectivity index (χ0) is 18.1. The monoisotopic (exact) mass is 377 g/mol. The van der Waals surface area contributed by atoms with Crippen molar-refractivity contribution in [2.24, 2.45) is 0 Å². The Labute approximate surface area is 138 Å².